The van der Waals surface area contributed by atoms with Gasteiger partial charge in [0.05, 0.1) is 11.1 Å². The number of ketones is 2. The quantitative estimate of drug-likeness (QED) is 0.536. The summed E-state index contributed by atoms with van der Waals surface area (Å²) >= 11 is 0. The van der Waals surface area contributed by atoms with E-state index in [1.165, 1.54) is 13.8 Å². The molecule has 0 aliphatic heterocycles. The molecule has 0 unspecified atom stereocenters. The van der Waals surface area contributed by atoms with Gasteiger partial charge in [0, 0.05) is 17.3 Å². The van der Waals surface area contributed by atoms with Crippen LogP contribution in [0.4, 0.5) is 0 Å². The van der Waals surface area contributed by atoms with Crippen molar-refractivity contribution in [2.45, 2.75) is 33.8 Å². The molecule has 0 saturated carbocycles. The zero-order chi connectivity index (χ0) is 20.6. The van der Waals surface area contributed by atoms with E-state index in [2.05, 4.69) is 4.98 Å². The average molecular weight is 381 g/mol. The van der Waals surface area contributed by atoms with Crippen LogP contribution >= 0.6 is 0 Å². The third kappa shape index (κ3) is 3.38. The topological polar surface area (TPSA) is 106 Å². The molecule has 2 aromatic heterocycles. The smallest absolute Gasteiger partial charge is 0.375 e. The lowest BCUT2D eigenvalue weighted by Crippen LogP contribution is -2.25. The number of hydrogen-bond donors (Lipinski definition) is 1. The van der Waals surface area contributed by atoms with Crippen LogP contribution in [0.25, 0.3) is 11.0 Å². The highest BCUT2D eigenvalue weighted by Gasteiger charge is 2.27. The van der Waals surface area contributed by atoms with E-state index >= 15 is 0 Å². The van der Waals surface area contributed by atoms with Gasteiger partial charge < -0.3 is 14.1 Å². The second-order valence-electron chi connectivity index (χ2n) is 6.56. The largest absolute Gasteiger partial charge is 0.449 e. The average Bonchev–Trinajstić information content (AvgIpc) is 2.95. The van der Waals surface area contributed by atoms with Gasteiger partial charge in [-0.1, -0.05) is 12.1 Å². The monoisotopic (exact) mass is 381 g/mol. The summed E-state index contributed by atoms with van der Waals surface area (Å²) < 4.78 is 10.6. The molecule has 0 bridgehead atoms. The summed E-state index contributed by atoms with van der Waals surface area (Å²) in [6, 6.07) is 7.56. The molecule has 0 fully saturated rings. The lowest BCUT2D eigenvalue weighted by molar-refractivity contribution is 0.0288. The van der Waals surface area contributed by atoms with E-state index in [1.807, 2.05) is 0 Å². The van der Waals surface area contributed by atoms with Crippen molar-refractivity contribution in [2.24, 2.45) is 0 Å². The zero-order valence-electron chi connectivity index (χ0n) is 15.9. The van der Waals surface area contributed by atoms with Crippen LogP contribution in [0.15, 0.2) is 39.5 Å². The van der Waals surface area contributed by atoms with Gasteiger partial charge in [-0.3, -0.25) is 14.4 Å². The molecule has 7 nitrogen and oxygen atoms in total. The van der Waals surface area contributed by atoms with Crippen LogP contribution in [0.3, 0.4) is 0 Å². The third-order valence-electron chi connectivity index (χ3n) is 4.52. The second kappa shape index (κ2) is 7.26. The minimum atomic E-state index is -1.14. The van der Waals surface area contributed by atoms with Crippen molar-refractivity contribution in [3.8, 4) is 0 Å². The highest BCUT2D eigenvalue weighted by atomic mass is 16.6. The number of para-hydroxylation sites is 1. The summed E-state index contributed by atoms with van der Waals surface area (Å²) in [5.41, 5.74) is 1.62. The molecule has 1 aromatic carbocycles. The van der Waals surface area contributed by atoms with Crippen molar-refractivity contribution in [3.05, 3.63) is 68.8 Å². The zero-order valence-corrected chi connectivity index (χ0v) is 15.9. The van der Waals surface area contributed by atoms with Gasteiger partial charge in [0.2, 0.25) is 11.5 Å². The van der Waals surface area contributed by atoms with E-state index in [-0.39, 0.29) is 28.2 Å². The first-order valence-corrected chi connectivity index (χ1v) is 8.69. The molecular weight excluding hydrogens is 362 g/mol. The maximum Gasteiger partial charge on any atom is 0.375 e. The van der Waals surface area contributed by atoms with Crippen LogP contribution in [-0.2, 0) is 4.74 Å². The van der Waals surface area contributed by atoms with Crippen LogP contribution in [-0.4, -0.2) is 28.6 Å². The molecule has 0 radical (unpaired) electrons. The molecule has 144 valence electrons. The number of aryl methyl sites for hydroxylation is 1. The number of carbonyl (C=O) groups is 3. The van der Waals surface area contributed by atoms with E-state index in [4.69, 9.17) is 9.15 Å². The lowest BCUT2D eigenvalue weighted by atomic mass is 10.0. The Labute approximate surface area is 160 Å². The molecule has 1 atom stereocenters. The first-order valence-electron chi connectivity index (χ1n) is 8.69. The maximum atomic E-state index is 12.7. The Bertz CT molecular complexity index is 1170. The summed E-state index contributed by atoms with van der Waals surface area (Å²) in [6.45, 7) is 6.19. The number of nitrogens with one attached hydrogen (secondary N) is 1. The standard InChI is InChI=1S/C21H19NO6/c1-10-18(12(3)23)11(2)22-19(10)20(25)13(4)27-21(26)17-9-15(24)14-7-5-6-8-16(14)28-17/h5-9,13,22H,1-4H3/t13-/m1/s1. The summed E-state index contributed by atoms with van der Waals surface area (Å²) in [7, 11) is 0. The first kappa shape index (κ1) is 19.3. The van der Waals surface area contributed by atoms with Crippen molar-refractivity contribution < 1.29 is 23.5 Å². The minimum Gasteiger partial charge on any atom is -0.449 e. The molecule has 0 saturated heterocycles. The molecule has 28 heavy (non-hydrogen) atoms. The fourth-order valence-electron chi connectivity index (χ4n) is 3.20. The number of aromatic nitrogens is 1. The maximum absolute atomic E-state index is 12.7. The number of benzene rings is 1. The van der Waals surface area contributed by atoms with Gasteiger partial charge in [0.15, 0.2) is 17.3 Å². The molecule has 3 aromatic rings. The van der Waals surface area contributed by atoms with Gasteiger partial charge in [-0.05, 0) is 45.4 Å². The van der Waals surface area contributed by atoms with Gasteiger partial charge in [-0.15, -0.1) is 0 Å². The number of Topliss-reactive ketones (excluding diaryl/α,β-unsaturated/α-hetero) is 2. The van der Waals surface area contributed by atoms with Crippen molar-refractivity contribution in [1.29, 1.82) is 0 Å². The van der Waals surface area contributed by atoms with Crippen molar-refractivity contribution >= 4 is 28.5 Å². The first-order chi connectivity index (χ1) is 13.2. The normalized spacial score (nSPS) is 12.0. The highest BCUT2D eigenvalue weighted by Crippen LogP contribution is 2.21. The molecule has 2 heterocycles. The number of esters is 1. The lowest BCUT2D eigenvalue weighted by Gasteiger charge is -2.12. The van der Waals surface area contributed by atoms with Gasteiger partial charge in [-0.25, -0.2) is 4.79 Å². The fraction of sp³-hybridized carbons (Fsp3) is 0.238. The molecule has 0 aliphatic rings. The van der Waals surface area contributed by atoms with Crippen molar-refractivity contribution in [3.63, 3.8) is 0 Å². The molecule has 1 N–H and O–H groups in total. The number of carbonyl (C=O) groups excluding carboxylic acids is 3. The molecule has 7 heteroatoms. The van der Waals surface area contributed by atoms with E-state index in [9.17, 15) is 19.2 Å². The van der Waals surface area contributed by atoms with E-state index in [1.54, 1.807) is 38.1 Å². The second-order valence-corrected chi connectivity index (χ2v) is 6.56. The highest BCUT2D eigenvalue weighted by molar-refractivity contribution is 6.05. The number of aromatic amines is 1. The van der Waals surface area contributed by atoms with Gasteiger partial charge in [0.25, 0.3) is 0 Å². The Hall–Kier alpha value is -3.48. The van der Waals surface area contributed by atoms with Gasteiger partial charge in [-0.2, -0.15) is 0 Å². The number of fused-ring (bicyclic) bond motifs is 1. The van der Waals surface area contributed by atoms with Gasteiger partial charge in [0.1, 0.15) is 5.58 Å². The summed E-state index contributed by atoms with van der Waals surface area (Å²) in [4.78, 5) is 51.8. The van der Waals surface area contributed by atoms with E-state index in [0.717, 1.165) is 6.07 Å². The molecule has 0 amide bonds. The Morgan fingerprint density at radius 1 is 1.14 bits per heavy atom. The van der Waals surface area contributed by atoms with Crippen LogP contribution < -0.4 is 5.43 Å². The van der Waals surface area contributed by atoms with Crippen LogP contribution in [0, 0.1) is 13.8 Å². The van der Waals surface area contributed by atoms with Gasteiger partial charge >= 0.3 is 5.97 Å². The van der Waals surface area contributed by atoms with E-state index in [0.29, 0.717) is 22.2 Å². The predicted molar refractivity (Wildman–Crippen MR) is 102 cm³/mol. The Morgan fingerprint density at radius 3 is 2.46 bits per heavy atom. The molecule has 3 rings (SSSR count). The minimum absolute atomic E-state index is 0.159. The number of rotatable bonds is 5. The predicted octanol–water partition coefficient (Wildman–Crippen LogP) is 3.37. The Morgan fingerprint density at radius 2 is 1.82 bits per heavy atom. The van der Waals surface area contributed by atoms with Crippen LogP contribution in [0.2, 0.25) is 0 Å². The molecule has 0 aliphatic carbocycles. The Balaban J connectivity index is 1.85. The molecule has 0 spiro atoms. The number of ether oxygens (including phenoxy) is 1. The SMILES string of the molecule is CC(=O)c1c(C)[nH]c(C(=O)[C@@H](C)OC(=O)c2cc(=O)c3ccccc3o2)c1C. The van der Waals surface area contributed by atoms with E-state index < -0.39 is 17.9 Å². The molecular formula is C21H19NO6. The van der Waals surface area contributed by atoms with Crippen molar-refractivity contribution in [2.75, 3.05) is 0 Å². The van der Waals surface area contributed by atoms with Crippen LogP contribution in [0.1, 0.15) is 56.5 Å². The summed E-state index contributed by atoms with van der Waals surface area (Å²) in [5.74, 6) is -1.85. The van der Waals surface area contributed by atoms with Crippen LogP contribution in [0.5, 0.6) is 0 Å². The summed E-state index contributed by atoms with van der Waals surface area (Å²) in [6.07, 6.45) is -1.14. The number of H-pyrrole nitrogens is 1. The Kier molecular flexibility index (Phi) is 5.00. The van der Waals surface area contributed by atoms with Crippen molar-refractivity contribution in [1.82, 2.24) is 4.98 Å². The fourth-order valence-corrected chi connectivity index (χ4v) is 3.20. The third-order valence-corrected chi connectivity index (χ3v) is 4.52. The summed E-state index contributed by atoms with van der Waals surface area (Å²) in [5, 5.41) is 0.345. The number of hydrogen-bond acceptors (Lipinski definition) is 6.